The molecule has 0 spiro atoms. The topological polar surface area (TPSA) is 188 Å². The Morgan fingerprint density at radius 3 is 1.84 bits per heavy atom. The highest BCUT2D eigenvalue weighted by Crippen LogP contribution is 2.38. The van der Waals surface area contributed by atoms with Crippen LogP contribution < -0.4 is 19.5 Å². The number of aliphatic carboxylic acids is 3. The third-order valence-corrected chi connectivity index (χ3v) is 7.22. The van der Waals surface area contributed by atoms with Gasteiger partial charge in [-0.05, 0) is 58.7 Å². The number of carbonyl (C=O) groups is 3. The first-order valence-electron chi connectivity index (χ1n) is 14.1. The Morgan fingerprint density at radius 2 is 1.41 bits per heavy atom. The van der Waals surface area contributed by atoms with Crippen LogP contribution in [-0.2, 0) is 27.5 Å². The van der Waals surface area contributed by atoms with E-state index >= 15 is 0 Å². The first kappa shape index (κ1) is 36.3. The van der Waals surface area contributed by atoms with E-state index in [1.807, 2.05) is 30.5 Å². The number of aliphatic hydroxyl groups is 1. The Labute approximate surface area is 257 Å². The fourth-order valence-corrected chi connectivity index (χ4v) is 5.69. The zero-order valence-corrected chi connectivity index (χ0v) is 26.4. The number of pyridine rings is 1. The van der Waals surface area contributed by atoms with Crippen LogP contribution in [0.1, 0.15) is 64.6 Å². The van der Waals surface area contributed by atoms with E-state index in [2.05, 4.69) is 49.0 Å². The van der Waals surface area contributed by atoms with E-state index in [9.17, 15) is 14.4 Å². The normalized spacial score (nSPS) is 15.9. The molecule has 1 fully saturated rings. The first-order chi connectivity index (χ1) is 20.4. The summed E-state index contributed by atoms with van der Waals surface area (Å²) in [6, 6.07) is 10.4. The maximum absolute atomic E-state index is 10.3. The Bertz CT molecular complexity index is 1250. The van der Waals surface area contributed by atoms with Gasteiger partial charge in [-0.15, -0.1) is 0 Å². The quantitative estimate of drug-likeness (QED) is 0.220. The van der Waals surface area contributed by atoms with E-state index in [1.54, 1.807) is 21.3 Å². The minimum atomic E-state index is -2.74. The van der Waals surface area contributed by atoms with Crippen LogP contribution in [0, 0.1) is 0 Å². The van der Waals surface area contributed by atoms with Gasteiger partial charge in [-0.2, -0.15) is 0 Å². The summed E-state index contributed by atoms with van der Waals surface area (Å²) in [6.45, 7) is 10.7. The van der Waals surface area contributed by atoms with Gasteiger partial charge in [0.25, 0.3) is 0 Å². The second-order valence-corrected chi connectivity index (χ2v) is 12.2. The van der Waals surface area contributed by atoms with E-state index in [-0.39, 0.29) is 11.1 Å². The lowest BCUT2D eigenvalue weighted by atomic mass is 9.79. The number of benzene rings is 1. The van der Waals surface area contributed by atoms with Gasteiger partial charge < -0.3 is 40.0 Å². The molecular weight excluding hydrogens is 574 g/mol. The molecule has 0 aliphatic carbocycles. The van der Waals surface area contributed by atoms with Gasteiger partial charge in [0.05, 0.1) is 39.9 Å². The fourth-order valence-electron chi connectivity index (χ4n) is 5.69. The second-order valence-electron chi connectivity index (χ2n) is 12.2. The van der Waals surface area contributed by atoms with E-state index in [0.717, 1.165) is 42.9 Å². The molecule has 2 heterocycles. The maximum Gasteiger partial charge on any atom is 0.336 e. The van der Waals surface area contributed by atoms with Crippen molar-refractivity contribution in [3.63, 3.8) is 0 Å². The third-order valence-electron chi connectivity index (χ3n) is 7.22. The van der Waals surface area contributed by atoms with Gasteiger partial charge in [-0.3, -0.25) is 19.5 Å². The maximum atomic E-state index is 10.3. The zero-order valence-electron chi connectivity index (χ0n) is 26.4. The Morgan fingerprint density at radius 1 is 0.886 bits per heavy atom. The van der Waals surface area contributed by atoms with Gasteiger partial charge in [-0.25, -0.2) is 4.79 Å². The van der Waals surface area contributed by atoms with Gasteiger partial charge in [-0.1, -0.05) is 6.07 Å². The highest BCUT2D eigenvalue weighted by atomic mass is 16.5. The van der Waals surface area contributed by atoms with Crippen LogP contribution in [0.5, 0.6) is 17.2 Å². The molecule has 0 saturated carbocycles. The van der Waals surface area contributed by atoms with Gasteiger partial charge >= 0.3 is 17.9 Å². The summed E-state index contributed by atoms with van der Waals surface area (Å²) in [6.07, 6.45) is 1.68. The summed E-state index contributed by atoms with van der Waals surface area (Å²) < 4.78 is 16.8. The number of nitrogens with zero attached hydrogens (tertiary/aromatic N) is 2. The largest absolute Gasteiger partial charge is 0.496 e. The number of methoxy groups -OCH3 is 3. The van der Waals surface area contributed by atoms with E-state index in [4.69, 9.17) is 34.6 Å². The van der Waals surface area contributed by atoms with Crippen LogP contribution >= 0.6 is 0 Å². The summed E-state index contributed by atoms with van der Waals surface area (Å²) in [5, 5.41) is 37.6. The van der Waals surface area contributed by atoms with Crippen LogP contribution in [0.3, 0.4) is 0 Å². The standard InChI is InChI=1S/C25H37N3O3.C6H8O7/c1-24(2)14-20(15-25(3,4)27-24)28(17-19-10-8-9-11-26-19)16-18-12-22(30-6)23(31-7)13-21(18)29-5;7-3(8)1-6(13,5(11)12)2-4(9)10/h8-13,20,27H,14-17H2,1-7H3;13H,1-2H2,(H,7,8)(H,9,10)(H,11,12). The van der Waals surface area contributed by atoms with Crippen molar-refractivity contribution in [3.05, 3.63) is 47.8 Å². The molecule has 0 atom stereocenters. The number of hydrogen-bond acceptors (Lipinski definition) is 10. The van der Waals surface area contributed by atoms with Crippen molar-refractivity contribution in [1.82, 2.24) is 15.2 Å². The molecular formula is C31H45N3O10. The van der Waals surface area contributed by atoms with E-state index in [0.29, 0.717) is 17.5 Å². The highest BCUT2D eigenvalue weighted by Gasteiger charge is 2.41. The Kier molecular flexibility index (Phi) is 12.5. The number of hydrogen-bond donors (Lipinski definition) is 5. The minimum Gasteiger partial charge on any atom is -0.496 e. The molecule has 13 nitrogen and oxygen atoms in total. The summed E-state index contributed by atoms with van der Waals surface area (Å²) in [4.78, 5) is 37.6. The lowest BCUT2D eigenvalue weighted by molar-refractivity contribution is -0.170. The van der Waals surface area contributed by atoms with Crippen molar-refractivity contribution in [2.45, 2.75) is 89.2 Å². The highest BCUT2D eigenvalue weighted by molar-refractivity contribution is 5.88. The van der Waals surface area contributed by atoms with Crippen molar-refractivity contribution < 1.29 is 49.0 Å². The summed E-state index contributed by atoms with van der Waals surface area (Å²) in [5.74, 6) is -2.84. The number of piperidine rings is 1. The SMILES string of the molecule is COc1cc(OC)c(OC)cc1CN(Cc1ccccn1)C1CC(C)(C)NC(C)(C)C1.O=C(O)CC(O)(CC(=O)O)C(=O)O. The molecule has 0 bridgehead atoms. The monoisotopic (exact) mass is 619 g/mol. The molecule has 44 heavy (non-hydrogen) atoms. The number of aromatic nitrogens is 1. The third kappa shape index (κ3) is 10.6. The van der Waals surface area contributed by atoms with Gasteiger partial charge in [0.2, 0.25) is 0 Å². The molecule has 244 valence electrons. The molecule has 0 amide bonds. The smallest absolute Gasteiger partial charge is 0.336 e. The van der Waals surface area contributed by atoms with Crippen molar-refractivity contribution in [3.8, 4) is 17.2 Å². The Balaban J connectivity index is 0.000000439. The molecule has 1 saturated heterocycles. The molecule has 1 aromatic carbocycles. The van der Waals surface area contributed by atoms with Crippen LogP contribution in [0.25, 0.3) is 0 Å². The van der Waals surface area contributed by atoms with Crippen molar-refractivity contribution in [2.24, 2.45) is 0 Å². The molecule has 2 aromatic rings. The number of carboxylic acids is 3. The number of ether oxygens (including phenoxy) is 3. The number of nitrogens with one attached hydrogen (secondary N) is 1. The molecule has 1 aliphatic heterocycles. The molecule has 13 heteroatoms. The van der Waals surface area contributed by atoms with Crippen molar-refractivity contribution >= 4 is 17.9 Å². The first-order valence-corrected chi connectivity index (χ1v) is 14.1. The van der Waals surface area contributed by atoms with Crippen molar-refractivity contribution in [2.75, 3.05) is 21.3 Å². The van der Waals surface area contributed by atoms with Gasteiger partial charge in [0.15, 0.2) is 17.1 Å². The van der Waals surface area contributed by atoms with Gasteiger partial charge in [0, 0.05) is 48.0 Å². The van der Waals surface area contributed by atoms with Crippen LogP contribution in [0.4, 0.5) is 0 Å². The van der Waals surface area contributed by atoms with Crippen LogP contribution in [0.15, 0.2) is 36.5 Å². The average Bonchev–Trinajstić information content (AvgIpc) is 2.90. The zero-order chi connectivity index (χ0) is 33.3. The summed E-state index contributed by atoms with van der Waals surface area (Å²) >= 11 is 0. The van der Waals surface area contributed by atoms with Crippen molar-refractivity contribution in [1.29, 1.82) is 0 Å². The molecule has 1 aromatic heterocycles. The minimum absolute atomic E-state index is 0.0521. The van der Waals surface area contributed by atoms with Crippen LogP contribution in [-0.4, -0.2) is 92.3 Å². The van der Waals surface area contributed by atoms with Crippen LogP contribution in [0.2, 0.25) is 0 Å². The summed E-state index contributed by atoms with van der Waals surface area (Å²) in [5.41, 5.74) is -0.494. The Hall–Kier alpha value is -3.94. The fraction of sp³-hybridized carbons (Fsp3) is 0.548. The lowest BCUT2D eigenvalue weighted by Crippen LogP contribution is -2.62. The predicted molar refractivity (Wildman–Crippen MR) is 161 cm³/mol. The molecule has 5 N–H and O–H groups in total. The van der Waals surface area contributed by atoms with E-state index in [1.165, 1.54) is 0 Å². The van der Waals surface area contributed by atoms with E-state index < -0.39 is 36.4 Å². The second kappa shape index (κ2) is 15.2. The number of carboxylic acid groups (broad SMARTS) is 3. The molecule has 1 aliphatic rings. The molecule has 0 unspecified atom stereocenters. The summed E-state index contributed by atoms with van der Waals surface area (Å²) in [7, 11) is 5.01. The molecule has 3 rings (SSSR count). The molecule has 0 radical (unpaired) electrons. The lowest BCUT2D eigenvalue weighted by Gasteiger charge is -2.49. The predicted octanol–water partition coefficient (Wildman–Crippen LogP) is 3.17. The number of rotatable bonds is 13. The van der Waals surface area contributed by atoms with Gasteiger partial charge in [0.1, 0.15) is 5.75 Å². The average molecular weight is 620 g/mol.